The highest BCUT2D eigenvalue weighted by molar-refractivity contribution is 6.31. The smallest absolute Gasteiger partial charge is 0.0455 e. The van der Waals surface area contributed by atoms with Crippen molar-refractivity contribution in [1.29, 1.82) is 0 Å². The lowest BCUT2D eigenvalue weighted by molar-refractivity contribution is 0.472. The van der Waals surface area contributed by atoms with Crippen LogP contribution in [0.5, 0.6) is 0 Å². The van der Waals surface area contributed by atoms with Crippen LogP contribution in [0.25, 0.3) is 0 Å². The van der Waals surface area contributed by atoms with E-state index in [4.69, 9.17) is 11.6 Å². The molecule has 0 aromatic heterocycles. The van der Waals surface area contributed by atoms with E-state index in [1.54, 1.807) is 0 Å². The summed E-state index contributed by atoms with van der Waals surface area (Å²) in [4.78, 5) is 0. The Hall–Kier alpha value is -0.950. The molecule has 90 valence electrons. The quantitative estimate of drug-likeness (QED) is 0.787. The second kappa shape index (κ2) is 4.38. The topological polar surface area (TPSA) is 12.0 Å². The fourth-order valence-corrected chi connectivity index (χ4v) is 3.34. The normalized spacial score (nSPS) is 29.9. The molecule has 1 N–H and O–H groups in total. The molecule has 2 aliphatic rings. The van der Waals surface area contributed by atoms with Crippen LogP contribution in [0.15, 0.2) is 30.4 Å². The van der Waals surface area contributed by atoms with Crippen molar-refractivity contribution in [3.63, 3.8) is 0 Å². The number of allylic oxidation sites excluding steroid dienone is 2. The average Bonchev–Trinajstić information content (AvgIpc) is 2.93. The van der Waals surface area contributed by atoms with Crippen LogP contribution in [0.2, 0.25) is 5.02 Å². The summed E-state index contributed by atoms with van der Waals surface area (Å²) in [6.07, 6.45) is 7.53. The molecule has 2 bridgehead atoms. The fourth-order valence-electron chi connectivity index (χ4n) is 3.17. The Morgan fingerprint density at radius 2 is 2.18 bits per heavy atom. The predicted molar refractivity (Wildman–Crippen MR) is 73.5 cm³/mol. The summed E-state index contributed by atoms with van der Waals surface area (Å²) >= 11 is 6.12. The van der Waals surface area contributed by atoms with Gasteiger partial charge in [0.15, 0.2) is 0 Å². The summed E-state index contributed by atoms with van der Waals surface area (Å²) in [5.41, 5.74) is 2.34. The number of anilines is 1. The lowest BCUT2D eigenvalue weighted by Crippen LogP contribution is -2.18. The maximum Gasteiger partial charge on any atom is 0.0455 e. The van der Waals surface area contributed by atoms with Crippen LogP contribution in [0, 0.1) is 24.7 Å². The molecule has 17 heavy (non-hydrogen) atoms. The zero-order chi connectivity index (χ0) is 11.8. The maximum absolute atomic E-state index is 6.12. The number of nitrogens with one attached hydrogen (secondary N) is 1. The highest BCUT2D eigenvalue weighted by Crippen LogP contribution is 2.43. The monoisotopic (exact) mass is 247 g/mol. The average molecular weight is 248 g/mol. The molecule has 2 heteroatoms. The molecule has 3 atom stereocenters. The summed E-state index contributed by atoms with van der Waals surface area (Å²) in [6, 6.07) is 6.07. The molecular weight excluding hydrogens is 230 g/mol. The molecule has 0 spiro atoms. The summed E-state index contributed by atoms with van der Waals surface area (Å²) < 4.78 is 0. The third kappa shape index (κ3) is 2.09. The van der Waals surface area contributed by atoms with Crippen molar-refractivity contribution in [2.45, 2.75) is 19.8 Å². The molecule has 0 radical (unpaired) electrons. The van der Waals surface area contributed by atoms with Gasteiger partial charge in [-0.05, 0) is 55.2 Å². The van der Waals surface area contributed by atoms with E-state index in [1.807, 2.05) is 12.1 Å². The van der Waals surface area contributed by atoms with Gasteiger partial charge in [0.25, 0.3) is 0 Å². The molecule has 2 aliphatic carbocycles. The highest BCUT2D eigenvalue weighted by Gasteiger charge is 2.35. The first-order chi connectivity index (χ1) is 8.24. The Morgan fingerprint density at radius 1 is 1.29 bits per heavy atom. The van der Waals surface area contributed by atoms with Crippen LogP contribution < -0.4 is 5.32 Å². The number of hydrogen-bond donors (Lipinski definition) is 1. The van der Waals surface area contributed by atoms with E-state index in [9.17, 15) is 0 Å². The zero-order valence-corrected chi connectivity index (χ0v) is 10.9. The zero-order valence-electron chi connectivity index (χ0n) is 10.1. The van der Waals surface area contributed by atoms with Gasteiger partial charge >= 0.3 is 0 Å². The molecule has 1 nitrogen and oxygen atoms in total. The SMILES string of the molecule is Cc1c(Cl)cccc1NCC1CC2C=CC1C2. The Morgan fingerprint density at radius 3 is 2.88 bits per heavy atom. The molecule has 3 rings (SSSR count). The van der Waals surface area contributed by atoms with Gasteiger partial charge in [0.1, 0.15) is 0 Å². The third-order valence-corrected chi connectivity index (χ3v) is 4.65. The molecule has 0 amide bonds. The van der Waals surface area contributed by atoms with Crippen molar-refractivity contribution in [1.82, 2.24) is 0 Å². The van der Waals surface area contributed by atoms with Gasteiger partial charge in [0.05, 0.1) is 0 Å². The minimum atomic E-state index is 0.809. The van der Waals surface area contributed by atoms with Gasteiger partial charge in [-0.1, -0.05) is 29.8 Å². The van der Waals surface area contributed by atoms with Crippen LogP contribution >= 0.6 is 11.6 Å². The standard InChI is InChI=1S/C15H18ClN/c1-10-14(16)3-2-4-15(10)17-9-13-8-11-5-6-12(13)7-11/h2-6,11-13,17H,7-9H2,1H3. The van der Waals surface area contributed by atoms with E-state index in [0.29, 0.717) is 0 Å². The fraction of sp³-hybridized carbons (Fsp3) is 0.467. The van der Waals surface area contributed by atoms with E-state index in [0.717, 1.165) is 34.9 Å². The lowest BCUT2D eigenvalue weighted by atomic mass is 9.93. The van der Waals surface area contributed by atoms with Gasteiger partial charge in [0.2, 0.25) is 0 Å². The minimum absolute atomic E-state index is 0.809. The van der Waals surface area contributed by atoms with E-state index in [2.05, 4.69) is 30.5 Å². The van der Waals surface area contributed by atoms with Crippen LogP contribution in [0.4, 0.5) is 5.69 Å². The van der Waals surface area contributed by atoms with Crippen molar-refractivity contribution in [3.05, 3.63) is 40.9 Å². The first kappa shape index (κ1) is 11.2. The Labute approximate surface area is 108 Å². The number of hydrogen-bond acceptors (Lipinski definition) is 1. The maximum atomic E-state index is 6.12. The minimum Gasteiger partial charge on any atom is -0.384 e. The van der Waals surface area contributed by atoms with E-state index in [1.165, 1.54) is 18.5 Å². The van der Waals surface area contributed by atoms with Crippen LogP contribution in [-0.4, -0.2) is 6.54 Å². The molecule has 0 aliphatic heterocycles. The van der Waals surface area contributed by atoms with Crippen LogP contribution in [-0.2, 0) is 0 Å². The summed E-state index contributed by atoms with van der Waals surface area (Å²) in [7, 11) is 0. The van der Waals surface area contributed by atoms with Crippen LogP contribution in [0.1, 0.15) is 18.4 Å². The number of fused-ring (bicyclic) bond motifs is 2. The number of rotatable bonds is 3. The number of benzene rings is 1. The van der Waals surface area contributed by atoms with Crippen molar-refractivity contribution >= 4 is 17.3 Å². The molecule has 1 aromatic carbocycles. The third-order valence-electron chi connectivity index (χ3n) is 4.24. The van der Waals surface area contributed by atoms with Crippen molar-refractivity contribution in [3.8, 4) is 0 Å². The predicted octanol–water partition coefficient (Wildman–Crippen LogP) is 4.27. The molecule has 3 unspecified atom stereocenters. The summed E-state index contributed by atoms with van der Waals surface area (Å²) in [5.74, 6) is 2.47. The first-order valence-corrected chi connectivity index (χ1v) is 6.79. The molecule has 0 heterocycles. The Bertz CT molecular complexity index is 452. The summed E-state index contributed by atoms with van der Waals surface area (Å²) in [6.45, 7) is 3.15. The van der Waals surface area contributed by atoms with E-state index in [-0.39, 0.29) is 0 Å². The molecule has 1 fully saturated rings. The molecule has 1 saturated carbocycles. The van der Waals surface area contributed by atoms with Crippen molar-refractivity contribution < 1.29 is 0 Å². The van der Waals surface area contributed by atoms with Crippen LogP contribution in [0.3, 0.4) is 0 Å². The van der Waals surface area contributed by atoms with Crippen molar-refractivity contribution in [2.24, 2.45) is 17.8 Å². The van der Waals surface area contributed by atoms with Gasteiger partial charge in [-0.25, -0.2) is 0 Å². The van der Waals surface area contributed by atoms with Gasteiger partial charge in [0, 0.05) is 17.3 Å². The first-order valence-electron chi connectivity index (χ1n) is 6.41. The Kier molecular flexibility index (Phi) is 2.87. The largest absolute Gasteiger partial charge is 0.384 e. The second-order valence-corrected chi connectivity index (χ2v) is 5.74. The van der Waals surface area contributed by atoms with E-state index >= 15 is 0 Å². The van der Waals surface area contributed by atoms with Crippen molar-refractivity contribution in [2.75, 3.05) is 11.9 Å². The molecular formula is C15H18ClN. The molecule has 0 saturated heterocycles. The Balaban J connectivity index is 1.65. The van der Waals surface area contributed by atoms with Gasteiger partial charge in [-0.3, -0.25) is 0 Å². The lowest BCUT2D eigenvalue weighted by Gasteiger charge is -2.20. The van der Waals surface area contributed by atoms with Gasteiger partial charge < -0.3 is 5.32 Å². The van der Waals surface area contributed by atoms with Gasteiger partial charge in [-0.15, -0.1) is 0 Å². The highest BCUT2D eigenvalue weighted by atomic mass is 35.5. The second-order valence-electron chi connectivity index (χ2n) is 5.33. The summed E-state index contributed by atoms with van der Waals surface area (Å²) in [5, 5.41) is 4.41. The molecule has 1 aromatic rings. The number of halogens is 1. The van der Waals surface area contributed by atoms with E-state index < -0.39 is 0 Å². The van der Waals surface area contributed by atoms with Gasteiger partial charge in [-0.2, -0.15) is 0 Å².